The van der Waals surface area contributed by atoms with Crippen LogP contribution in [-0.4, -0.2) is 134 Å². The fraction of sp³-hybridized carbons (Fsp3) is 0.862. The first-order valence-electron chi connectivity index (χ1n) is 33.7. The molecule has 0 aromatic carbocycles. The van der Waals surface area contributed by atoms with Crippen LogP contribution in [0.4, 0.5) is 0 Å². The molecule has 0 aliphatic carbocycles. The molecule has 0 spiro atoms. The highest BCUT2D eigenvalue weighted by atomic mass is 16.6. The Morgan fingerprint density at radius 3 is 1.11 bits per heavy atom. The molecule has 4 amide bonds. The fourth-order valence-electron chi connectivity index (χ4n) is 9.76. The van der Waals surface area contributed by atoms with E-state index in [1.807, 2.05) is 0 Å². The lowest BCUT2D eigenvalue weighted by Gasteiger charge is -2.23. The van der Waals surface area contributed by atoms with Gasteiger partial charge < -0.3 is 56.3 Å². The van der Waals surface area contributed by atoms with Gasteiger partial charge in [0.2, 0.25) is 23.6 Å². The Hall–Kier alpha value is -4.85. The molecule has 494 valence electrons. The highest BCUT2D eigenvalue weighted by Crippen LogP contribution is 2.17. The maximum atomic E-state index is 13.5. The molecule has 0 aromatic rings. The van der Waals surface area contributed by atoms with E-state index < -0.39 is 98.0 Å². The second-order valence-corrected chi connectivity index (χ2v) is 23.1. The van der Waals surface area contributed by atoms with Crippen LogP contribution in [0.3, 0.4) is 0 Å². The summed E-state index contributed by atoms with van der Waals surface area (Å²) in [4.78, 5) is 113. The van der Waals surface area contributed by atoms with Gasteiger partial charge in [0.05, 0.1) is 6.42 Å². The van der Waals surface area contributed by atoms with Crippen LogP contribution in [0.15, 0.2) is 0 Å². The normalized spacial score (nSPS) is 12.2. The molecule has 8 N–H and O–H groups in total. The van der Waals surface area contributed by atoms with Crippen LogP contribution in [0.25, 0.3) is 0 Å². The quantitative estimate of drug-likeness (QED) is 0.0160. The van der Waals surface area contributed by atoms with Crippen molar-refractivity contribution in [2.75, 3.05) is 52.5 Å². The average molecular weight is 1210 g/mol. The van der Waals surface area contributed by atoms with E-state index in [4.69, 9.17) is 14.2 Å². The zero-order valence-corrected chi connectivity index (χ0v) is 53.4. The van der Waals surface area contributed by atoms with Gasteiger partial charge in [-0.25, -0.2) is 0 Å². The van der Waals surface area contributed by atoms with Gasteiger partial charge in [-0.1, -0.05) is 194 Å². The third-order valence-electron chi connectivity index (χ3n) is 15.0. The molecule has 85 heavy (non-hydrogen) atoms. The van der Waals surface area contributed by atoms with Gasteiger partial charge in [0, 0.05) is 52.1 Å². The Balaban J connectivity index is 5.18. The van der Waals surface area contributed by atoms with Crippen molar-refractivity contribution >= 4 is 53.5 Å². The van der Waals surface area contributed by atoms with Crippen molar-refractivity contribution in [1.82, 2.24) is 31.9 Å². The van der Waals surface area contributed by atoms with E-state index in [0.717, 1.165) is 77.4 Å². The standard InChI is InChI=1S/C65H120N6O14/c1-4-6-8-10-12-14-16-18-20-22-24-26-28-30-32-38-61(78)83-52-55(85-63(80)39-33-31-29-27-25-23-21-19-17-15-13-11-9-7-5-2)53-84-62(79)45-42-58(73)70-57(41-44-60(76)77)65(82)71-56(40-43-59(74)75)64(81)69-51-37-49-67-47-35-34-46-66-48-36-50-68-54(3)72/h55-57,66-67H,4-53H2,1-3H3,(H,68,72)(H,69,81)(H,70,73)(H,71,82)(H,74,75)(H,76,77). The molecule has 0 radical (unpaired) electrons. The number of carbonyl (C=O) groups excluding carboxylic acids is 7. The summed E-state index contributed by atoms with van der Waals surface area (Å²) in [6.45, 7) is 9.09. The lowest BCUT2D eigenvalue weighted by atomic mass is 10.0. The van der Waals surface area contributed by atoms with E-state index in [9.17, 15) is 53.4 Å². The van der Waals surface area contributed by atoms with Crippen LogP contribution < -0.4 is 31.9 Å². The molecule has 20 heteroatoms. The summed E-state index contributed by atoms with van der Waals surface area (Å²) >= 11 is 0. The van der Waals surface area contributed by atoms with Gasteiger partial charge >= 0.3 is 29.8 Å². The molecule has 0 saturated carbocycles. The van der Waals surface area contributed by atoms with Crippen molar-refractivity contribution in [3.8, 4) is 0 Å². The summed E-state index contributed by atoms with van der Waals surface area (Å²) in [6, 6.07) is -2.75. The highest BCUT2D eigenvalue weighted by Gasteiger charge is 2.28. The largest absolute Gasteiger partial charge is 0.481 e. The minimum absolute atomic E-state index is 0.0458. The number of hydrogen-bond donors (Lipinski definition) is 8. The van der Waals surface area contributed by atoms with Crippen molar-refractivity contribution in [3.05, 3.63) is 0 Å². The first-order chi connectivity index (χ1) is 41.2. The maximum Gasteiger partial charge on any atom is 0.306 e. The van der Waals surface area contributed by atoms with Crippen molar-refractivity contribution in [2.45, 2.75) is 309 Å². The van der Waals surface area contributed by atoms with Gasteiger partial charge in [0.25, 0.3) is 0 Å². The number of carboxylic acids is 2. The molecule has 20 nitrogen and oxygen atoms in total. The first-order valence-corrected chi connectivity index (χ1v) is 33.7. The topological polar surface area (TPSA) is 294 Å². The van der Waals surface area contributed by atoms with Crippen molar-refractivity contribution in [3.63, 3.8) is 0 Å². The third kappa shape index (κ3) is 56.7. The van der Waals surface area contributed by atoms with Gasteiger partial charge in [-0.3, -0.25) is 43.2 Å². The number of hydrogen-bond acceptors (Lipinski definition) is 14. The van der Waals surface area contributed by atoms with Crippen molar-refractivity contribution in [2.24, 2.45) is 0 Å². The van der Waals surface area contributed by atoms with Gasteiger partial charge in [-0.05, 0) is 77.5 Å². The summed E-state index contributed by atoms with van der Waals surface area (Å²) in [7, 11) is 0. The predicted octanol–water partition coefficient (Wildman–Crippen LogP) is 11.0. The molecule has 0 aromatic heterocycles. The molecule has 0 rings (SSSR count). The number of amides is 4. The lowest BCUT2D eigenvalue weighted by Crippen LogP contribution is -2.54. The monoisotopic (exact) mass is 1210 g/mol. The Bertz CT molecular complexity index is 1740. The third-order valence-corrected chi connectivity index (χ3v) is 15.0. The van der Waals surface area contributed by atoms with E-state index in [0.29, 0.717) is 32.4 Å². The summed E-state index contributed by atoms with van der Waals surface area (Å²) < 4.78 is 16.6. The average Bonchev–Trinajstić information content (AvgIpc) is 3.51. The Morgan fingerprint density at radius 2 is 0.706 bits per heavy atom. The van der Waals surface area contributed by atoms with Crippen molar-refractivity contribution < 1.29 is 67.6 Å². The predicted molar refractivity (Wildman–Crippen MR) is 334 cm³/mol. The Morgan fingerprint density at radius 1 is 0.353 bits per heavy atom. The van der Waals surface area contributed by atoms with Crippen LogP contribution in [0.2, 0.25) is 0 Å². The second-order valence-electron chi connectivity index (χ2n) is 23.1. The van der Waals surface area contributed by atoms with Crippen molar-refractivity contribution in [1.29, 1.82) is 0 Å². The van der Waals surface area contributed by atoms with Gasteiger partial charge in [0.15, 0.2) is 6.10 Å². The van der Waals surface area contributed by atoms with E-state index >= 15 is 0 Å². The molecule has 0 aliphatic rings. The van der Waals surface area contributed by atoms with E-state index in [1.165, 1.54) is 148 Å². The van der Waals surface area contributed by atoms with Crippen LogP contribution in [0.5, 0.6) is 0 Å². The van der Waals surface area contributed by atoms with E-state index in [-0.39, 0.29) is 44.7 Å². The zero-order chi connectivity index (χ0) is 62.6. The minimum Gasteiger partial charge on any atom is -0.481 e. The number of carboxylic acid groups (broad SMARTS) is 2. The summed E-state index contributed by atoms with van der Waals surface area (Å²) in [5.74, 6) is -6.64. The highest BCUT2D eigenvalue weighted by molar-refractivity contribution is 5.93. The molecule has 0 fully saturated rings. The van der Waals surface area contributed by atoms with Gasteiger partial charge in [0.1, 0.15) is 25.3 Å². The van der Waals surface area contributed by atoms with E-state index in [2.05, 4.69) is 45.7 Å². The summed E-state index contributed by atoms with van der Waals surface area (Å²) in [5.41, 5.74) is 0. The summed E-state index contributed by atoms with van der Waals surface area (Å²) in [6.07, 6.45) is 35.8. The zero-order valence-electron chi connectivity index (χ0n) is 53.4. The molecule has 3 unspecified atom stereocenters. The van der Waals surface area contributed by atoms with Crippen LogP contribution in [0, 0.1) is 0 Å². The number of ether oxygens (including phenoxy) is 3. The molecule has 0 saturated heterocycles. The molecular formula is C65H120N6O14. The van der Waals surface area contributed by atoms with Gasteiger partial charge in [-0.2, -0.15) is 0 Å². The first kappa shape index (κ1) is 80.2. The van der Waals surface area contributed by atoms with Crippen LogP contribution >= 0.6 is 0 Å². The second kappa shape index (κ2) is 59.5. The molecule has 0 bridgehead atoms. The SMILES string of the molecule is CCCCCCCCCCCCCCCCCC(=O)OCC(COC(=O)CCC(=O)NC(CCC(=O)O)C(=O)NC(CCC(=O)O)C(=O)NCCCNCCCCNCCCNC(C)=O)OC(=O)CCCCCCCCCCCCCCCCC. The number of nitrogens with one attached hydrogen (secondary N) is 6. The Labute approximate surface area is 512 Å². The number of esters is 3. The molecule has 0 aliphatic heterocycles. The Kier molecular flexibility index (Phi) is 56.1. The maximum absolute atomic E-state index is 13.5. The number of rotatable bonds is 63. The van der Waals surface area contributed by atoms with Gasteiger partial charge in [-0.15, -0.1) is 0 Å². The number of carbonyl (C=O) groups is 9. The molecule has 3 atom stereocenters. The number of unbranched alkanes of at least 4 members (excludes halogenated alkanes) is 29. The molecular weight excluding hydrogens is 1090 g/mol. The fourth-order valence-corrected chi connectivity index (χ4v) is 9.76. The van der Waals surface area contributed by atoms with E-state index in [1.54, 1.807) is 0 Å². The minimum atomic E-state index is -1.44. The smallest absolute Gasteiger partial charge is 0.306 e. The molecule has 0 heterocycles. The van der Waals surface area contributed by atoms with Crippen LogP contribution in [-0.2, 0) is 57.4 Å². The summed E-state index contributed by atoms with van der Waals surface area (Å²) in [5, 5.41) is 35.8. The van der Waals surface area contributed by atoms with Crippen LogP contribution in [0.1, 0.15) is 290 Å². The lowest BCUT2D eigenvalue weighted by molar-refractivity contribution is -0.167. The number of aliphatic carboxylic acids is 2.